The molecule has 1 aliphatic rings. The van der Waals surface area contributed by atoms with Gasteiger partial charge in [-0.15, -0.1) is 11.3 Å². The first-order valence-corrected chi connectivity index (χ1v) is 8.27. The first-order chi connectivity index (χ1) is 10.7. The maximum absolute atomic E-state index is 12.1. The third-order valence-electron chi connectivity index (χ3n) is 3.51. The molecule has 3 rings (SSSR count). The Balaban J connectivity index is 1.89. The molecule has 1 aromatic carbocycles. The zero-order chi connectivity index (χ0) is 15.5. The summed E-state index contributed by atoms with van der Waals surface area (Å²) >= 11 is 1.44. The number of hydrogen-bond donors (Lipinski definition) is 0. The molecule has 0 unspecified atom stereocenters. The lowest BCUT2D eigenvalue weighted by molar-refractivity contribution is 0.105. The van der Waals surface area contributed by atoms with E-state index in [1.807, 2.05) is 36.6 Å². The number of carbonyl (C=O) groups excluding carboxylic acids is 1. The summed E-state index contributed by atoms with van der Waals surface area (Å²) in [5.74, 6) is 1.69. The molecule has 0 aliphatic carbocycles. The van der Waals surface area contributed by atoms with E-state index in [-0.39, 0.29) is 11.9 Å². The van der Waals surface area contributed by atoms with E-state index in [9.17, 15) is 4.79 Å². The first kappa shape index (κ1) is 14.9. The van der Waals surface area contributed by atoms with Gasteiger partial charge < -0.3 is 9.47 Å². The summed E-state index contributed by atoms with van der Waals surface area (Å²) in [6.07, 6.45) is 4.48. The van der Waals surface area contributed by atoms with Crippen molar-refractivity contribution in [2.45, 2.75) is 26.4 Å². The van der Waals surface area contributed by atoms with Gasteiger partial charge in [0, 0.05) is 17.5 Å². The van der Waals surface area contributed by atoms with E-state index in [0.29, 0.717) is 6.61 Å². The summed E-state index contributed by atoms with van der Waals surface area (Å²) in [7, 11) is 0. The Morgan fingerprint density at radius 1 is 1.50 bits per heavy atom. The van der Waals surface area contributed by atoms with Gasteiger partial charge in [-0.1, -0.05) is 6.07 Å². The highest BCUT2D eigenvalue weighted by Gasteiger charge is 2.21. The Morgan fingerprint density at radius 3 is 3.09 bits per heavy atom. The van der Waals surface area contributed by atoms with Crippen molar-refractivity contribution in [1.29, 1.82) is 0 Å². The third kappa shape index (κ3) is 3.07. The van der Waals surface area contributed by atoms with Crippen LogP contribution in [0.5, 0.6) is 11.5 Å². The molecule has 0 bridgehead atoms. The van der Waals surface area contributed by atoms with Crippen LogP contribution in [0.4, 0.5) is 0 Å². The smallest absolute Gasteiger partial charge is 0.195 e. The van der Waals surface area contributed by atoms with Crippen molar-refractivity contribution in [3.8, 4) is 11.5 Å². The van der Waals surface area contributed by atoms with Gasteiger partial charge in [0.05, 0.1) is 11.5 Å². The van der Waals surface area contributed by atoms with Crippen molar-refractivity contribution in [1.82, 2.24) is 0 Å². The number of hydrogen-bond acceptors (Lipinski definition) is 4. The van der Waals surface area contributed by atoms with Crippen molar-refractivity contribution in [2.75, 3.05) is 6.61 Å². The van der Waals surface area contributed by atoms with E-state index in [1.54, 1.807) is 12.2 Å². The van der Waals surface area contributed by atoms with Crippen LogP contribution in [-0.2, 0) is 6.42 Å². The van der Waals surface area contributed by atoms with Crippen molar-refractivity contribution >= 4 is 23.2 Å². The van der Waals surface area contributed by atoms with Crippen LogP contribution in [-0.4, -0.2) is 18.5 Å². The van der Waals surface area contributed by atoms with Gasteiger partial charge >= 0.3 is 0 Å². The fraction of sp³-hybridized carbons (Fsp3) is 0.278. The molecule has 1 atom stereocenters. The van der Waals surface area contributed by atoms with Gasteiger partial charge in [0.2, 0.25) is 0 Å². The average Bonchev–Trinajstić information content (AvgIpc) is 3.13. The standard InChI is InChI=1S/C18H18O3S/c1-3-20-16-11-14-9-12(2)21-17(14)10-13(16)6-7-15(19)18-5-4-8-22-18/h4-8,10-12H,3,9H2,1-2H3/b7-6+/t12-/m0/s1. The molecule has 0 fully saturated rings. The zero-order valence-corrected chi connectivity index (χ0v) is 13.5. The molecule has 22 heavy (non-hydrogen) atoms. The number of benzene rings is 1. The lowest BCUT2D eigenvalue weighted by atomic mass is 10.1. The number of rotatable bonds is 5. The summed E-state index contributed by atoms with van der Waals surface area (Å²) in [4.78, 5) is 12.8. The zero-order valence-electron chi connectivity index (χ0n) is 12.7. The van der Waals surface area contributed by atoms with Gasteiger partial charge in [0.25, 0.3) is 0 Å². The van der Waals surface area contributed by atoms with Gasteiger partial charge in [-0.25, -0.2) is 0 Å². The summed E-state index contributed by atoms with van der Waals surface area (Å²) < 4.78 is 11.5. The minimum Gasteiger partial charge on any atom is -0.493 e. The lowest BCUT2D eigenvalue weighted by Gasteiger charge is -2.09. The Morgan fingerprint density at radius 2 is 2.36 bits per heavy atom. The third-order valence-corrected chi connectivity index (χ3v) is 4.39. The number of fused-ring (bicyclic) bond motifs is 1. The summed E-state index contributed by atoms with van der Waals surface area (Å²) in [5, 5.41) is 1.90. The Labute approximate surface area is 134 Å². The molecule has 0 spiro atoms. The van der Waals surface area contributed by atoms with Crippen molar-refractivity contribution in [2.24, 2.45) is 0 Å². The molecule has 4 heteroatoms. The van der Waals surface area contributed by atoms with E-state index >= 15 is 0 Å². The largest absolute Gasteiger partial charge is 0.493 e. The monoisotopic (exact) mass is 314 g/mol. The van der Waals surface area contributed by atoms with Crippen LogP contribution in [0, 0.1) is 0 Å². The minimum atomic E-state index is 0.00670. The van der Waals surface area contributed by atoms with Crippen molar-refractivity contribution in [3.63, 3.8) is 0 Å². The molecule has 0 N–H and O–H groups in total. The predicted molar refractivity (Wildman–Crippen MR) is 89.1 cm³/mol. The highest BCUT2D eigenvalue weighted by atomic mass is 32.1. The fourth-order valence-corrected chi connectivity index (χ4v) is 3.18. The number of ether oxygens (including phenoxy) is 2. The van der Waals surface area contributed by atoms with E-state index in [2.05, 4.69) is 6.92 Å². The molecular weight excluding hydrogens is 296 g/mol. The molecule has 1 aliphatic heterocycles. The Kier molecular flexibility index (Phi) is 4.29. The minimum absolute atomic E-state index is 0.00670. The van der Waals surface area contributed by atoms with Crippen LogP contribution in [0.3, 0.4) is 0 Å². The van der Waals surface area contributed by atoms with Gasteiger partial charge in [0.15, 0.2) is 5.78 Å². The van der Waals surface area contributed by atoms with E-state index < -0.39 is 0 Å². The molecule has 0 saturated heterocycles. The van der Waals surface area contributed by atoms with Crippen LogP contribution < -0.4 is 9.47 Å². The predicted octanol–water partition coefficient (Wildman–Crippen LogP) is 4.37. The molecule has 1 aromatic heterocycles. The van der Waals surface area contributed by atoms with E-state index in [1.165, 1.54) is 11.3 Å². The van der Waals surface area contributed by atoms with E-state index in [4.69, 9.17) is 9.47 Å². The van der Waals surface area contributed by atoms with Crippen LogP contribution in [0.1, 0.15) is 34.6 Å². The molecule has 0 amide bonds. The molecule has 114 valence electrons. The Bertz CT molecular complexity index is 701. The lowest BCUT2D eigenvalue weighted by Crippen LogP contribution is -2.05. The van der Waals surface area contributed by atoms with E-state index in [0.717, 1.165) is 33.9 Å². The fourth-order valence-electron chi connectivity index (χ4n) is 2.53. The second-order valence-corrected chi connectivity index (χ2v) is 6.19. The molecular formula is C18H18O3S. The van der Waals surface area contributed by atoms with Crippen LogP contribution in [0.25, 0.3) is 6.08 Å². The number of ketones is 1. The highest BCUT2D eigenvalue weighted by molar-refractivity contribution is 7.12. The normalized spacial score (nSPS) is 16.5. The quantitative estimate of drug-likeness (QED) is 0.607. The van der Waals surface area contributed by atoms with Crippen molar-refractivity contribution < 1.29 is 14.3 Å². The molecule has 2 heterocycles. The Hall–Kier alpha value is -2.07. The summed E-state index contributed by atoms with van der Waals surface area (Å²) in [6, 6.07) is 7.69. The first-order valence-electron chi connectivity index (χ1n) is 7.39. The SMILES string of the molecule is CCOc1cc2c(cc1/C=C/C(=O)c1cccs1)O[C@@H](C)C2. The maximum atomic E-state index is 12.1. The maximum Gasteiger partial charge on any atom is 0.195 e. The topological polar surface area (TPSA) is 35.5 Å². The van der Waals surface area contributed by atoms with Gasteiger partial charge in [-0.2, -0.15) is 0 Å². The molecule has 2 aromatic rings. The molecule has 0 saturated carbocycles. The van der Waals surface area contributed by atoms with Crippen LogP contribution >= 0.6 is 11.3 Å². The molecule has 3 nitrogen and oxygen atoms in total. The van der Waals surface area contributed by atoms with Gasteiger partial charge in [-0.05, 0) is 49.6 Å². The molecule has 0 radical (unpaired) electrons. The van der Waals surface area contributed by atoms with Gasteiger partial charge in [-0.3, -0.25) is 4.79 Å². The van der Waals surface area contributed by atoms with Crippen LogP contribution in [0.2, 0.25) is 0 Å². The average molecular weight is 314 g/mol. The number of thiophene rings is 1. The second-order valence-electron chi connectivity index (χ2n) is 5.24. The highest BCUT2D eigenvalue weighted by Crippen LogP contribution is 2.35. The van der Waals surface area contributed by atoms with Crippen LogP contribution in [0.15, 0.2) is 35.7 Å². The summed E-state index contributed by atoms with van der Waals surface area (Å²) in [6.45, 7) is 4.60. The second kappa shape index (κ2) is 6.36. The summed E-state index contributed by atoms with van der Waals surface area (Å²) in [5.41, 5.74) is 2.04. The number of carbonyl (C=O) groups is 1. The number of allylic oxidation sites excluding steroid dienone is 1. The van der Waals surface area contributed by atoms with Crippen molar-refractivity contribution in [3.05, 3.63) is 51.7 Å². The van der Waals surface area contributed by atoms with Gasteiger partial charge in [0.1, 0.15) is 17.6 Å².